The van der Waals surface area contributed by atoms with Crippen molar-refractivity contribution in [1.82, 2.24) is 9.97 Å². The Hall–Kier alpha value is -3.11. The van der Waals surface area contributed by atoms with Crippen LogP contribution in [0.2, 0.25) is 0 Å². The van der Waals surface area contributed by atoms with Gasteiger partial charge in [-0.05, 0) is 23.3 Å². The highest BCUT2D eigenvalue weighted by atomic mass is 14.7. The van der Waals surface area contributed by atoms with Crippen LogP contribution in [-0.4, -0.2) is 9.97 Å². The van der Waals surface area contributed by atoms with E-state index in [4.69, 9.17) is 0 Å². The van der Waals surface area contributed by atoms with Gasteiger partial charge >= 0.3 is 0 Å². The van der Waals surface area contributed by atoms with E-state index >= 15 is 0 Å². The van der Waals surface area contributed by atoms with E-state index in [2.05, 4.69) is 22.1 Å². The number of hydrogen-bond acceptors (Lipinski definition) is 3. The largest absolute Gasteiger partial charge is 0.361 e. The number of nitrogens with one attached hydrogen (secondary N) is 1. The molecule has 0 amide bonds. The molecule has 1 atom stereocenters. The van der Waals surface area contributed by atoms with Crippen molar-refractivity contribution in [1.29, 1.82) is 10.5 Å². The molecule has 0 saturated carbocycles. The number of pyridine rings is 1. The zero-order valence-electron chi connectivity index (χ0n) is 11.2. The number of para-hydroxylation sites is 1. The third kappa shape index (κ3) is 2.24. The van der Waals surface area contributed by atoms with Crippen LogP contribution in [0.5, 0.6) is 0 Å². The van der Waals surface area contributed by atoms with Crippen LogP contribution in [-0.2, 0) is 0 Å². The van der Waals surface area contributed by atoms with Crippen LogP contribution >= 0.6 is 0 Å². The number of nitrogens with zero attached hydrogens (tertiary/aromatic N) is 3. The fourth-order valence-electron chi connectivity index (χ4n) is 2.64. The number of fused-ring (bicyclic) bond motifs is 1. The fraction of sp³-hybridized carbons (Fsp3) is 0.118. The molecule has 4 heteroatoms. The van der Waals surface area contributed by atoms with Gasteiger partial charge in [-0.15, -0.1) is 0 Å². The second-order valence-electron chi connectivity index (χ2n) is 4.79. The van der Waals surface area contributed by atoms with Crippen LogP contribution in [0.4, 0.5) is 0 Å². The van der Waals surface area contributed by atoms with Crippen LogP contribution in [0.15, 0.2) is 55.0 Å². The lowest BCUT2D eigenvalue weighted by atomic mass is 9.82. The number of rotatable bonds is 3. The smallest absolute Gasteiger partial charge is 0.144 e. The molecule has 3 aromatic rings. The van der Waals surface area contributed by atoms with Gasteiger partial charge in [0.25, 0.3) is 0 Å². The van der Waals surface area contributed by atoms with Gasteiger partial charge in [-0.3, -0.25) is 4.98 Å². The Bertz CT molecular complexity index is 822. The predicted octanol–water partition coefficient (Wildman–Crippen LogP) is 3.36. The normalized spacial score (nSPS) is 12.0. The summed E-state index contributed by atoms with van der Waals surface area (Å²) in [6.45, 7) is 0. The van der Waals surface area contributed by atoms with E-state index in [0.717, 1.165) is 22.0 Å². The van der Waals surface area contributed by atoms with Crippen LogP contribution in [0.25, 0.3) is 10.9 Å². The standard InChI is InChI=1S/C17H12N4/c18-8-13(9-19)17(12-4-3-7-20-10-12)15-11-21-16-6-2-1-5-14(15)16/h1-7,10-11,13,17,21H. The van der Waals surface area contributed by atoms with Crippen molar-refractivity contribution in [2.75, 3.05) is 0 Å². The maximum absolute atomic E-state index is 9.33. The van der Waals surface area contributed by atoms with Gasteiger partial charge in [0.15, 0.2) is 0 Å². The lowest BCUT2D eigenvalue weighted by molar-refractivity contribution is 0.711. The summed E-state index contributed by atoms with van der Waals surface area (Å²) in [5, 5.41) is 19.7. The number of H-pyrrole nitrogens is 1. The number of aromatic amines is 1. The third-order valence-electron chi connectivity index (χ3n) is 3.61. The number of benzene rings is 1. The molecule has 1 aromatic carbocycles. The lowest BCUT2D eigenvalue weighted by Crippen LogP contribution is -2.11. The summed E-state index contributed by atoms with van der Waals surface area (Å²) in [6, 6.07) is 15.8. The Balaban J connectivity index is 2.21. The van der Waals surface area contributed by atoms with E-state index in [9.17, 15) is 10.5 Å². The summed E-state index contributed by atoms with van der Waals surface area (Å²) in [4.78, 5) is 7.32. The summed E-state index contributed by atoms with van der Waals surface area (Å²) >= 11 is 0. The molecule has 0 aliphatic heterocycles. The summed E-state index contributed by atoms with van der Waals surface area (Å²) < 4.78 is 0. The fourth-order valence-corrected chi connectivity index (χ4v) is 2.64. The second-order valence-corrected chi connectivity index (χ2v) is 4.79. The first-order valence-corrected chi connectivity index (χ1v) is 6.60. The molecular weight excluding hydrogens is 260 g/mol. The first-order valence-electron chi connectivity index (χ1n) is 6.60. The molecule has 1 N–H and O–H groups in total. The minimum absolute atomic E-state index is 0.315. The topological polar surface area (TPSA) is 76.3 Å². The molecule has 3 rings (SSSR count). The SMILES string of the molecule is N#CC(C#N)C(c1cccnc1)c1c[nH]c2ccccc12. The van der Waals surface area contributed by atoms with Crippen molar-refractivity contribution in [3.05, 3.63) is 66.1 Å². The van der Waals surface area contributed by atoms with E-state index in [1.807, 2.05) is 42.6 Å². The Morgan fingerprint density at radius 3 is 2.57 bits per heavy atom. The van der Waals surface area contributed by atoms with Crippen molar-refractivity contribution >= 4 is 10.9 Å². The Kier molecular flexibility index (Phi) is 3.37. The Morgan fingerprint density at radius 2 is 1.86 bits per heavy atom. The molecule has 0 spiro atoms. The van der Waals surface area contributed by atoms with Gasteiger partial charge in [-0.1, -0.05) is 24.3 Å². The van der Waals surface area contributed by atoms with E-state index in [1.165, 1.54) is 0 Å². The molecule has 2 aromatic heterocycles. The summed E-state index contributed by atoms with van der Waals surface area (Å²) in [5.41, 5.74) is 2.82. The minimum Gasteiger partial charge on any atom is -0.361 e. The van der Waals surface area contributed by atoms with Crippen molar-refractivity contribution in [3.63, 3.8) is 0 Å². The Labute approximate surface area is 122 Å². The lowest BCUT2D eigenvalue weighted by Gasteiger charge is -2.17. The van der Waals surface area contributed by atoms with Crippen molar-refractivity contribution in [3.8, 4) is 12.1 Å². The van der Waals surface area contributed by atoms with Crippen LogP contribution in [0.1, 0.15) is 17.0 Å². The molecule has 4 nitrogen and oxygen atoms in total. The quantitative estimate of drug-likeness (QED) is 0.794. The first kappa shape index (κ1) is 12.9. The van der Waals surface area contributed by atoms with Crippen molar-refractivity contribution in [2.24, 2.45) is 5.92 Å². The van der Waals surface area contributed by atoms with Gasteiger partial charge in [0, 0.05) is 35.4 Å². The van der Waals surface area contributed by atoms with Crippen molar-refractivity contribution in [2.45, 2.75) is 5.92 Å². The zero-order valence-corrected chi connectivity index (χ0v) is 11.2. The van der Waals surface area contributed by atoms with Crippen molar-refractivity contribution < 1.29 is 0 Å². The highest BCUT2D eigenvalue weighted by Crippen LogP contribution is 2.35. The highest BCUT2D eigenvalue weighted by Gasteiger charge is 2.27. The monoisotopic (exact) mass is 272 g/mol. The Morgan fingerprint density at radius 1 is 1.05 bits per heavy atom. The number of nitriles is 2. The van der Waals surface area contributed by atoms with E-state index in [0.29, 0.717) is 0 Å². The summed E-state index contributed by atoms with van der Waals surface area (Å²) in [5.74, 6) is -1.07. The van der Waals surface area contributed by atoms with Crippen LogP contribution < -0.4 is 0 Å². The maximum atomic E-state index is 9.33. The molecule has 100 valence electrons. The molecule has 0 fully saturated rings. The molecule has 1 unspecified atom stereocenters. The number of aromatic nitrogens is 2. The average molecular weight is 272 g/mol. The average Bonchev–Trinajstić information content (AvgIpc) is 2.97. The molecular formula is C17H12N4. The van der Waals surface area contributed by atoms with Gasteiger partial charge in [0.1, 0.15) is 5.92 Å². The van der Waals surface area contributed by atoms with Crippen LogP contribution in [0.3, 0.4) is 0 Å². The third-order valence-corrected chi connectivity index (χ3v) is 3.61. The zero-order chi connectivity index (χ0) is 14.7. The molecule has 0 bridgehead atoms. The van der Waals surface area contributed by atoms with Crippen LogP contribution in [0, 0.1) is 28.6 Å². The maximum Gasteiger partial charge on any atom is 0.144 e. The molecule has 0 aliphatic carbocycles. The second kappa shape index (κ2) is 5.48. The van der Waals surface area contributed by atoms with E-state index < -0.39 is 5.92 Å². The van der Waals surface area contributed by atoms with Gasteiger partial charge in [-0.25, -0.2) is 0 Å². The predicted molar refractivity (Wildman–Crippen MR) is 79.1 cm³/mol. The van der Waals surface area contributed by atoms with E-state index in [-0.39, 0.29) is 5.92 Å². The summed E-state index contributed by atoms with van der Waals surface area (Å²) in [6.07, 6.45) is 5.28. The molecule has 0 radical (unpaired) electrons. The first-order chi connectivity index (χ1) is 10.3. The van der Waals surface area contributed by atoms with Gasteiger partial charge in [-0.2, -0.15) is 10.5 Å². The summed E-state index contributed by atoms with van der Waals surface area (Å²) in [7, 11) is 0. The van der Waals surface area contributed by atoms with E-state index in [1.54, 1.807) is 12.4 Å². The molecule has 0 aliphatic rings. The minimum atomic E-state index is -0.756. The molecule has 0 saturated heterocycles. The molecule has 21 heavy (non-hydrogen) atoms. The highest BCUT2D eigenvalue weighted by molar-refractivity contribution is 5.84. The molecule has 2 heterocycles. The van der Waals surface area contributed by atoms with Gasteiger partial charge in [0.2, 0.25) is 0 Å². The number of hydrogen-bond donors (Lipinski definition) is 1. The van der Waals surface area contributed by atoms with Gasteiger partial charge < -0.3 is 4.98 Å². The van der Waals surface area contributed by atoms with Gasteiger partial charge in [0.05, 0.1) is 12.1 Å².